The molecule has 0 spiro atoms. The molecule has 1 aliphatic rings. The molecule has 0 radical (unpaired) electrons. The van der Waals surface area contributed by atoms with Crippen molar-refractivity contribution in [3.05, 3.63) is 80.4 Å². The van der Waals surface area contributed by atoms with Crippen LogP contribution in [-0.4, -0.2) is 15.8 Å². The van der Waals surface area contributed by atoms with E-state index in [4.69, 9.17) is 23.8 Å². The van der Waals surface area contributed by atoms with Crippen LogP contribution >= 0.6 is 23.8 Å². The van der Waals surface area contributed by atoms with Gasteiger partial charge in [0, 0.05) is 22.7 Å². The van der Waals surface area contributed by atoms with Crippen molar-refractivity contribution in [2.24, 2.45) is 0 Å². The minimum atomic E-state index is -0.507. The molecular weight excluding hydrogens is 374 g/mol. The Kier molecular flexibility index (Phi) is 5.01. The third kappa shape index (κ3) is 3.58. The number of carbonyl (C=O) groups is 1. The van der Waals surface area contributed by atoms with E-state index in [0.717, 1.165) is 5.56 Å². The molecular formula is C18H14ClN3O3S. The number of benzene rings is 2. The van der Waals surface area contributed by atoms with Crippen LogP contribution in [0.3, 0.4) is 0 Å². The number of halogens is 1. The lowest BCUT2D eigenvalue weighted by Crippen LogP contribution is -2.44. The lowest BCUT2D eigenvalue weighted by Gasteiger charge is -2.31. The molecule has 1 heterocycles. The van der Waals surface area contributed by atoms with E-state index in [1.807, 2.05) is 0 Å². The fourth-order valence-electron chi connectivity index (χ4n) is 2.83. The highest BCUT2D eigenvalue weighted by Gasteiger charge is 2.30. The van der Waals surface area contributed by atoms with Crippen LogP contribution in [0, 0.1) is 10.1 Å². The predicted octanol–water partition coefficient (Wildman–Crippen LogP) is 3.77. The summed E-state index contributed by atoms with van der Waals surface area (Å²) in [5, 5.41) is 17.9. The number of thiocarbonyl (C=S) groups is 1. The Morgan fingerprint density at radius 1 is 1.15 bits per heavy atom. The molecule has 0 fully saturated rings. The number of non-ortho nitro benzene ring substituents is 1. The molecule has 0 bridgehead atoms. The van der Waals surface area contributed by atoms with Crippen LogP contribution in [0.2, 0.25) is 5.02 Å². The molecule has 0 aliphatic carbocycles. The maximum absolute atomic E-state index is 12.4. The van der Waals surface area contributed by atoms with Gasteiger partial charge in [-0.1, -0.05) is 23.7 Å². The second-order valence-corrected chi connectivity index (χ2v) is 6.58. The number of nitrogens with zero attached hydrogens (tertiary/aromatic N) is 1. The van der Waals surface area contributed by atoms with Gasteiger partial charge in [-0.05, 0) is 54.5 Å². The average molecular weight is 388 g/mol. The molecule has 0 unspecified atom stereocenters. The van der Waals surface area contributed by atoms with Crippen LogP contribution in [0.25, 0.3) is 5.70 Å². The van der Waals surface area contributed by atoms with Crippen LogP contribution < -0.4 is 10.6 Å². The summed E-state index contributed by atoms with van der Waals surface area (Å²) >= 11 is 11.2. The Balaban J connectivity index is 2.12. The topological polar surface area (TPSA) is 84.3 Å². The van der Waals surface area contributed by atoms with Gasteiger partial charge in [0.1, 0.15) is 0 Å². The Morgan fingerprint density at radius 3 is 2.31 bits per heavy atom. The second kappa shape index (κ2) is 7.23. The van der Waals surface area contributed by atoms with Crippen LogP contribution in [0.15, 0.2) is 54.1 Å². The molecule has 8 heteroatoms. The molecule has 0 saturated carbocycles. The summed E-state index contributed by atoms with van der Waals surface area (Å²) in [7, 11) is 0. The maximum atomic E-state index is 12.4. The zero-order valence-corrected chi connectivity index (χ0v) is 15.2. The molecule has 1 aliphatic heterocycles. The fourth-order valence-corrected chi connectivity index (χ4v) is 3.17. The van der Waals surface area contributed by atoms with E-state index < -0.39 is 11.0 Å². The van der Waals surface area contributed by atoms with Gasteiger partial charge in [0.2, 0.25) is 0 Å². The van der Waals surface area contributed by atoms with Crippen molar-refractivity contribution < 1.29 is 9.72 Å². The zero-order chi connectivity index (χ0) is 18.8. The number of nitro benzene ring substituents is 1. The molecule has 0 saturated heterocycles. The van der Waals surface area contributed by atoms with Gasteiger partial charge in [-0.25, -0.2) is 0 Å². The summed E-state index contributed by atoms with van der Waals surface area (Å²) in [5.41, 5.74) is 2.55. The van der Waals surface area contributed by atoms with Crippen molar-refractivity contribution in [1.82, 2.24) is 10.6 Å². The van der Waals surface area contributed by atoms with Crippen molar-refractivity contribution in [2.75, 3.05) is 0 Å². The van der Waals surface area contributed by atoms with Crippen molar-refractivity contribution in [1.29, 1.82) is 0 Å². The number of nitrogens with one attached hydrogen (secondary N) is 2. The Morgan fingerprint density at radius 2 is 1.77 bits per heavy atom. The number of nitro groups is 1. The van der Waals surface area contributed by atoms with E-state index in [1.165, 1.54) is 19.1 Å². The van der Waals surface area contributed by atoms with E-state index in [2.05, 4.69) is 10.6 Å². The van der Waals surface area contributed by atoms with Gasteiger partial charge in [0.15, 0.2) is 10.9 Å². The maximum Gasteiger partial charge on any atom is 0.269 e. The van der Waals surface area contributed by atoms with Crippen LogP contribution in [-0.2, 0) is 4.79 Å². The van der Waals surface area contributed by atoms with Crippen LogP contribution in [0.1, 0.15) is 24.1 Å². The van der Waals surface area contributed by atoms with Crippen molar-refractivity contribution in [3.63, 3.8) is 0 Å². The SMILES string of the molecule is CC(=O)C1=C(c2ccc(Cl)cc2)NC(=S)N[C@H]1c1ccc([N+](=O)[O-])cc1. The molecule has 3 rings (SSSR count). The normalized spacial score (nSPS) is 16.7. The Hall–Kier alpha value is -2.77. The Labute approximate surface area is 160 Å². The average Bonchev–Trinajstić information content (AvgIpc) is 2.61. The molecule has 0 aromatic heterocycles. The number of hydrogen-bond donors (Lipinski definition) is 2. The molecule has 132 valence electrons. The number of ketones is 1. The highest BCUT2D eigenvalue weighted by molar-refractivity contribution is 7.80. The summed E-state index contributed by atoms with van der Waals surface area (Å²) in [5.74, 6) is -0.138. The highest BCUT2D eigenvalue weighted by Crippen LogP contribution is 2.32. The summed E-state index contributed by atoms with van der Waals surface area (Å²) in [6.45, 7) is 1.47. The largest absolute Gasteiger partial charge is 0.351 e. The number of Topliss-reactive ketones (excluding diaryl/α,β-unsaturated/α-hetero) is 1. The molecule has 2 N–H and O–H groups in total. The summed E-state index contributed by atoms with van der Waals surface area (Å²) in [6, 6.07) is 12.6. The molecule has 6 nitrogen and oxygen atoms in total. The van der Waals surface area contributed by atoms with Gasteiger partial charge in [0.05, 0.1) is 16.7 Å². The number of carbonyl (C=O) groups excluding carboxylic acids is 1. The van der Waals surface area contributed by atoms with Gasteiger partial charge in [-0.15, -0.1) is 0 Å². The van der Waals surface area contributed by atoms with Crippen molar-refractivity contribution in [3.8, 4) is 0 Å². The first-order valence-electron chi connectivity index (χ1n) is 7.69. The standard InChI is InChI=1S/C18H14ClN3O3S/c1-10(23)15-16(11-2-6-13(19)7-3-11)20-18(26)21-17(15)12-4-8-14(9-5-12)22(24)25/h2-9,17H,1H3,(H2,20,21,26)/t17-/m0/s1. The first-order chi connectivity index (χ1) is 12.4. The van der Waals surface area contributed by atoms with Gasteiger partial charge >= 0.3 is 0 Å². The molecule has 2 aromatic carbocycles. The van der Waals surface area contributed by atoms with Crippen LogP contribution in [0.5, 0.6) is 0 Å². The summed E-state index contributed by atoms with van der Waals surface area (Å²) < 4.78 is 0. The fraction of sp³-hybridized carbons (Fsp3) is 0.111. The molecule has 0 amide bonds. The van der Waals surface area contributed by atoms with Crippen molar-refractivity contribution >= 4 is 46.1 Å². The van der Waals surface area contributed by atoms with Gasteiger partial charge < -0.3 is 10.6 Å². The zero-order valence-electron chi connectivity index (χ0n) is 13.7. The van der Waals surface area contributed by atoms with E-state index in [1.54, 1.807) is 36.4 Å². The summed E-state index contributed by atoms with van der Waals surface area (Å²) in [6.07, 6.45) is 0. The number of hydrogen-bond acceptors (Lipinski definition) is 4. The van der Waals surface area contributed by atoms with Gasteiger partial charge in [-0.3, -0.25) is 14.9 Å². The third-order valence-corrected chi connectivity index (χ3v) is 4.49. The monoisotopic (exact) mass is 387 g/mol. The molecule has 1 atom stereocenters. The van der Waals surface area contributed by atoms with Crippen molar-refractivity contribution in [2.45, 2.75) is 13.0 Å². The smallest absolute Gasteiger partial charge is 0.269 e. The molecule has 2 aromatic rings. The summed E-state index contributed by atoms with van der Waals surface area (Å²) in [4.78, 5) is 22.8. The van der Waals surface area contributed by atoms with E-state index in [9.17, 15) is 14.9 Å². The van der Waals surface area contributed by atoms with Crippen LogP contribution in [0.4, 0.5) is 5.69 Å². The lowest BCUT2D eigenvalue weighted by molar-refractivity contribution is -0.384. The minimum Gasteiger partial charge on any atom is -0.351 e. The van der Waals surface area contributed by atoms with Gasteiger partial charge in [0.25, 0.3) is 5.69 Å². The van der Waals surface area contributed by atoms with E-state index >= 15 is 0 Å². The van der Waals surface area contributed by atoms with Gasteiger partial charge in [-0.2, -0.15) is 0 Å². The third-order valence-electron chi connectivity index (χ3n) is 4.02. The van der Waals surface area contributed by atoms with E-state index in [0.29, 0.717) is 27.0 Å². The first kappa shape index (κ1) is 18.0. The first-order valence-corrected chi connectivity index (χ1v) is 8.48. The highest BCUT2D eigenvalue weighted by atomic mass is 35.5. The minimum absolute atomic E-state index is 0.0171. The predicted molar refractivity (Wildman–Crippen MR) is 104 cm³/mol. The number of rotatable bonds is 4. The molecule has 26 heavy (non-hydrogen) atoms. The van der Waals surface area contributed by atoms with E-state index in [-0.39, 0.29) is 11.5 Å². The Bertz CT molecular complexity index is 924. The quantitative estimate of drug-likeness (QED) is 0.472. The second-order valence-electron chi connectivity index (χ2n) is 5.73. The lowest BCUT2D eigenvalue weighted by atomic mass is 9.90.